The Hall–Kier alpha value is -2.37. The Balaban J connectivity index is 2.33. The monoisotopic (exact) mass is 233 g/mol. The fourth-order valence-electron chi connectivity index (χ4n) is 1.37. The third kappa shape index (κ3) is 2.25. The lowest BCUT2D eigenvalue weighted by Crippen LogP contribution is -2.05. The molecule has 88 valence electrons. The van der Waals surface area contributed by atoms with Crippen molar-refractivity contribution in [1.29, 1.82) is 0 Å². The Bertz CT molecular complexity index is 536. The second kappa shape index (κ2) is 4.65. The van der Waals surface area contributed by atoms with Gasteiger partial charge in [0, 0.05) is 25.1 Å². The molecule has 0 aromatic carbocycles. The molecule has 0 aliphatic heterocycles. The maximum atomic E-state index is 10.9. The number of carboxylic acids is 1. The molecule has 0 radical (unpaired) electrons. The molecule has 2 rings (SSSR count). The van der Waals surface area contributed by atoms with Crippen LogP contribution in [0.4, 0.5) is 0 Å². The highest BCUT2D eigenvalue weighted by Crippen LogP contribution is 2.22. The van der Waals surface area contributed by atoms with Gasteiger partial charge < -0.3 is 14.4 Å². The predicted octanol–water partition coefficient (Wildman–Crippen LogP) is 1.79. The average Bonchev–Trinajstić information content (AvgIpc) is 2.77. The summed E-state index contributed by atoms with van der Waals surface area (Å²) in [5.41, 5.74) is -0.127. The van der Waals surface area contributed by atoms with Crippen molar-refractivity contribution in [1.82, 2.24) is 14.5 Å². The molecule has 0 atom stereocenters. The summed E-state index contributed by atoms with van der Waals surface area (Å²) in [6.45, 7) is 2.63. The van der Waals surface area contributed by atoms with Crippen molar-refractivity contribution in [2.45, 2.75) is 13.5 Å². The van der Waals surface area contributed by atoms with Gasteiger partial charge in [-0.15, -0.1) is 0 Å². The Morgan fingerprint density at radius 3 is 3.00 bits per heavy atom. The molecule has 0 aliphatic rings. The third-order valence-electron chi connectivity index (χ3n) is 2.19. The number of carbonyl (C=O) groups is 1. The third-order valence-corrected chi connectivity index (χ3v) is 2.19. The van der Waals surface area contributed by atoms with E-state index in [1.807, 2.05) is 6.92 Å². The van der Waals surface area contributed by atoms with E-state index in [9.17, 15) is 4.79 Å². The summed E-state index contributed by atoms with van der Waals surface area (Å²) in [6.07, 6.45) is 4.75. The highest BCUT2D eigenvalue weighted by Gasteiger charge is 2.14. The van der Waals surface area contributed by atoms with Crippen molar-refractivity contribution in [2.75, 3.05) is 0 Å². The van der Waals surface area contributed by atoms with Gasteiger partial charge in [-0.1, -0.05) is 0 Å². The molecule has 0 unspecified atom stereocenters. The molecule has 0 fully saturated rings. The number of hydrogen-bond donors (Lipinski definition) is 1. The van der Waals surface area contributed by atoms with Crippen LogP contribution in [0.15, 0.2) is 30.7 Å². The van der Waals surface area contributed by atoms with Crippen LogP contribution in [0.3, 0.4) is 0 Å². The Morgan fingerprint density at radius 1 is 1.47 bits per heavy atom. The van der Waals surface area contributed by atoms with Gasteiger partial charge >= 0.3 is 12.0 Å². The van der Waals surface area contributed by atoms with E-state index >= 15 is 0 Å². The van der Waals surface area contributed by atoms with Crippen LogP contribution >= 0.6 is 0 Å². The summed E-state index contributed by atoms with van der Waals surface area (Å²) in [4.78, 5) is 18.7. The predicted molar refractivity (Wildman–Crippen MR) is 59.2 cm³/mol. The summed E-state index contributed by atoms with van der Waals surface area (Å²) in [7, 11) is 0. The molecule has 0 saturated carbocycles. The number of hydrogen-bond acceptors (Lipinski definition) is 4. The number of aryl methyl sites for hydroxylation is 1. The zero-order valence-electron chi connectivity index (χ0n) is 9.20. The smallest absolute Gasteiger partial charge is 0.358 e. The molecule has 2 heterocycles. The largest absolute Gasteiger partial charge is 0.476 e. The van der Waals surface area contributed by atoms with Crippen LogP contribution in [0.5, 0.6) is 11.8 Å². The summed E-state index contributed by atoms with van der Waals surface area (Å²) in [5, 5.41) is 8.95. The lowest BCUT2D eigenvalue weighted by molar-refractivity contribution is 0.0687. The maximum Gasteiger partial charge on any atom is 0.358 e. The van der Waals surface area contributed by atoms with Gasteiger partial charge in [0.1, 0.15) is 0 Å². The number of imidazole rings is 1. The number of aromatic carboxylic acids is 1. The number of aromatic nitrogens is 3. The van der Waals surface area contributed by atoms with Crippen molar-refractivity contribution in [3.63, 3.8) is 0 Å². The fraction of sp³-hybridized carbons (Fsp3) is 0.182. The summed E-state index contributed by atoms with van der Waals surface area (Å²) in [5.74, 6) is -0.948. The second-order valence-corrected chi connectivity index (χ2v) is 3.25. The minimum absolute atomic E-state index is 0.127. The normalized spacial score (nSPS) is 10.2. The summed E-state index contributed by atoms with van der Waals surface area (Å²) < 4.78 is 7.20. The zero-order valence-corrected chi connectivity index (χ0v) is 9.20. The number of carboxylic acid groups (broad SMARTS) is 1. The molecule has 6 nitrogen and oxygen atoms in total. The first-order valence-electron chi connectivity index (χ1n) is 5.09. The van der Waals surface area contributed by atoms with Crippen LogP contribution in [0, 0.1) is 0 Å². The lowest BCUT2D eigenvalue weighted by atomic mass is 10.3. The van der Waals surface area contributed by atoms with Crippen LogP contribution in [-0.2, 0) is 6.54 Å². The molecular weight excluding hydrogens is 222 g/mol. The Kier molecular flexibility index (Phi) is 3.04. The number of rotatable bonds is 4. The fourth-order valence-corrected chi connectivity index (χ4v) is 1.37. The molecular formula is C11H11N3O3. The van der Waals surface area contributed by atoms with Crippen LogP contribution in [-0.4, -0.2) is 25.6 Å². The summed E-state index contributed by atoms with van der Waals surface area (Å²) >= 11 is 0. The van der Waals surface area contributed by atoms with E-state index in [1.165, 1.54) is 6.20 Å². The molecule has 17 heavy (non-hydrogen) atoms. The minimum atomic E-state index is -1.13. The topological polar surface area (TPSA) is 77.2 Å². The maximum absolute atomic E-state index is 10.9. The first kappa shape index (κ1) is 11.1. The number of ether oxygens (including phenoxy) is 1. The van der Waals surface area contributed by atoms with E-state index in [0.29, 0.717) is 12.6 Å². The van der Waals surface area contributed by atoms with Crippen LogP contribution < -0.4 is 4.74 Å². The van der Waals surface area contributed by atoms with E-state index in [2.05, 4.69) is 9.97 Å². The second-order valence-electron chi connectivity index (χ2n) is 3.25. The van der Waals surface area contributed by atoms with Crippen molar-refractivity contribution in [2.24, 2.45) is 0 Å². The molecule has 2 aromatic heterocycles. The summed E-state index contributed by atoms with van der Waals surface area (Å²) in [6, 6.07) is 3.51. The molecule has 1 N–H and O–H groups in total. The molecule has 2 aromatic rings. The average molecular weight is 233 g/mol. The molecule has 0 spiro atoms. The standard InChI is InChI=1S/C11H11N3O3/c1-2-14-7-6-13-11(14)17-8-4-3-5-12-9(8)10(15)16/h3-7H,2H2,1H3,(H,15,16). The number of nitrogens with zero attached hydrogens (tertiary/aromatic N) is 3. The lowest BCUT2D eigenvalue weighted by Gasteiger charge is -2.07. The van der Waals surface area contributed by atoms with Gasteiger partial charge in [0.25, 0.3) is 0 Å². The first-order chi connectivity index (χ1) is 8.22. The Labute approximate surface area is 97.5 Å². The van der Waals surface area contributed by atoms with Gasteiger partial charge in [-0.2, -0.15) is 0 Å². The van der Waals surface area contributed by atoms with Crippen LogP contribution in [0.2, 0.25) is 0 Å². The van der Waals surface area contributed by atoms with Gasteiger partial charge in [-0.3, -0.25) is 0 Å². The quantitative estimate of drug-likeness (QED) is 0.871. The van der Waals surface area contributed by atoms with Crippen molar-refractivity contribution in [3.05, 3.63) is 36.4 Å². The van der Waals surface area contributed by atoms with Crippen molar-refractivity contribution in [3.8, 4) is 11.8 Å². The van der Waals surface area contributed by atoms with Crippen molar-refractivity contribution < 1.29 is 14.6 Å². The van der Waals surface area contributed by atoms with E-state index in [4.69, 9.17) is 9.84 Å². The minimum Gasteiger partial charge on any atom is -0.476 e. The number of pyridine rings is 1. The van der Waals surface area contributed by atoms with Gasteiger partial charge in [0.15, 0.2) is 11.4 Å². The molecule has 0 bridgehead atoms. The Morgan fingerprint density at radius 2 is 2.29 bits per heavy atom. The highest BCUT2D eigenvalue weighted by molar-refractivity contribution is 5.88. The zero-order chi connectivity index (χ0) is 12.3. The molecule has 0 aliphatic carbocycles. The highest BCUT2D eigenvalue weighted by atomic mass is 16.5. The van der Waals surface area contributed by atoms with Gasteiger partial charge in [0.05, 0.1) is 0 Å². The molecule has 0 amide bonds. The first-order valence-corrected chi connectivity index (χ1v) is 5.09. The van der Waals surface area contributed by atoms with Gasteiger partial charge in [-0.05, 0) is 19.1 Å². The van der Waals surface area contributed by atoms with Crippen molar-refractivity contribution >= 4 is 5.97 Å². The van der Waals surface area contributed by atoms with Crippen LogP contribution in [0.25, 0.3) is 0 Å². The van der Waals surface area contributed by atoms with E-state index in [0.717, 1.165) is 0 Å². The van der Waals surface area contributed by atoms with E-state index in [-0.39, 0.29) is 11.4 Å². The van der Waals surface area contributed by atoms with E-state index < -0.39 is 5.97 Å². The molecule has 0 saturated heterocycles. The van der Waals surface area contributed by atoms with Crippen LogP contribution in [0.1, 0.15) is 17.4 Å². The van der Waals surface area contributed by atoms with Gasteiger partial charge in [0.2, 0.25) is 0 Å². The van der Waals surface area contributed by atoms with E-state index in [1.54, 1.807) is 29.1 Å². The molecule has 6 heteroatoms. The van der Waals surface area contributed by atoms with Gasteiger partial charge in [-0.25, -0.2) is 14.8 Å². The SMILES string of the molecule is CCn1ccnc1Oc1cccnc1C(=O)O.